The number of halogens is 1. The second-order valence-electron chi connectivity index (χ2n) is 5.83. The second kappa shape index (κ2) is 8.72. The largest absolute Gasteiger partial charge is 0.459 e. The number of furan rings is 1. The van der Waals surface area contributed by atoms with Gasteiger partial charge in [0.05, 0.1) is 6.26 Å². The van der Waals surface area contributed by atoms with Gasteiger partial charge in [-0.3, -0.25) is 4.79 Å². The van der Waals surface area contributed by atoms with Gasteiger partial charge in [-0.25, -0.2) is 4.39 Å². The number of hydrogen-bond donors (Lipinski definition) is 0. The van der Waals surface area contributed by atoms with Crippen molar-refractivity contribution in [1.29, 1.82) is 0 Å². The Kier molecular flexibility index (Phi) is 6.12. The second-order valence-corrected chi connectivity index (χ2v) is 6.87. The van der Waals surface area contributed by atoms with Crippen molar-refractivity contribution >= 4 is 17.7 Å². The minimum Gasteiger partial charge on any atom is -0.459 e. The van der Waals surface area contributed by atoms with Gasteiger partial charge in [-0.2, -0.15) is 0 Å². The lowest BCUT2D eigenvalue weighted by molar-refractivity contribution is 0.0719. The van der Waals surface area contributed by atoms with Crippen LogP contribution in [0.1, 0.15) is 28.6 Å². The van der Waals surface area contributed by atoms with Crippen molar-refractivity contribution in [2.24, 2.45) is 0 Å². The Bertz CT molecular complexity index is 863. The van der Waals surface area contributed by atoms with Crippen LogP contribution in [0.5, 0.6) is 0 Å². The fraction of sp³-hybridized carbons (Fsp3) is 0.190. The third kappa shape index (κ3) is 4.55. The number of benzene rings is 2. The van der Waals surface area contributed by atoms with Gasteiger partial charge in [0.15, 0.2) is 5.76 Å². The van der Waals surface area contributed by atoms with Crippen LogP contribution in [0.4, 0.5) is 4.39 Å². The maximum Gasteiger partial charge on any atom is 0.290 e. The van der Waals surface area contributed by atoms with E-state index < -0.39 is 0 Å². The van der Waals surface area contributed by atoms with E-state index in [4.69, 9.17) is 4.42 Å². The molecule has 0 atom stereocenters. The molecular formula is C21H20FNO2S. The van der Waals surface area contributed by atoms with Crippen LogP contribution in [0.3, 0.4) is 0 Å². The summed E-state index contributed by atoms with van der Waals surface area (Å²) in [7, 11) is 0. The van der Waals surface area contributed by atoms with Crippen LogP contribution in [-0.2, 0) is 12.3 Å². The molecule has 0 unspecified atom stereocenters. The molecule has 2 aromatic carbocycles. The fourth-order valence-corrected chi connectivity index (χ4v) is 3.54. The molecule has 0 radical (unpaired) electrons. The van der Waals surface area contributed by atoms with E-state index in [2.05, 4.69) is 0 Å². The average molecular weight is 369 g/mol. The first kappa shape index (κ1) is 18.3. The van der Waals surface area contributed by atoms with E-state index >= 15 is 0 Å². The maximum absolute atomic E-state index is 13.4. The summed E-state index contributed by atoms with van der Waals surface area (Å²) in [6.45, 7) is 2.76. The van der Waals surface area contributed by atoms with Crippen molar-refractivity contribution in [3.63, 3.8) is 0 Å². The lowest BCUT2D eigenvalue weighted by atomic mass is 10.2. The van der Waals surface area contributed by atoms with Crippen LogP contribution in [0, 0.1) is 5.82 Å². The van der Waals surface area contributed by atoms with Crippen molar-refractivity contribution in [1.82, 2.24) is 4.90 Å². The summed E-state index contributed by atoms with van der Waals surface area (Å²) >= 11 is 1.65. The molecule has 0 aliphatic heterocycles. The van der Waals surface area contributed by atoms with Crippen molar-refractivity contribution in [3.8, 4) is 0 Å². The summed E-state index contributed by atoms with van der Waals surface area (Å²) in [4.78, 5) is 15.7. The summed E-state index contributed by atoms with van der Waals surface area (Å²) in [5, 5.41) is 0. The predicted molar refractivity (Wildman–Crippen MR) is 102 cm³/mol. The van der Waals surface area contributed by atoms with Gasteiger partial charge in [0.2, 0.25) is 0 Å². The predicted octanol–water partition coefficient (Wildman–Crippen LogP) is 5.37. The van der Waals surface area contributed by atoms with E-state index in [1.54, 1.807) is 29.0 Å². The minimum atomic E-state index is -0.302. The van der Waals surface area contributed by atoms with Gasteiger partial charge in [-0.1, -0.05) is 30.3 Å². The lowest BCUT2D eigenvalue weighted by Crippen LogP contribution is -2.30. The van der Waals surface area contributed by atoms with E-state index in [1.807, 2.05) is 49.4 Å². The molecule has 0 spiro atoms. The lowest BCUT2D eigenvalue weighted by Gasteiger charge is -2.20. The third-order valence-corrected chi connectivity index (χ3v) is 5.07. The van der Waals surface area contributed by atoms with Crippen LogP contribution < -0.4 is 0 Å². The van der Waals surface area contributed by atoms with Gasteiger partial charge in [-0.15, -0.1) is 11.8 Å². The van der Waals surface area contributed by atoms with E-state index in [-0.39, 0.29) is 11.7 Å². The Morgan fingerprint density at radius 2 is 1.92 bits per heavy atom. The van der Waals surface area contributed by atoms with E-state index in [9.17, 15) is 9.18 Å². The van der Waals surface area contributed by atoms with Gasteiger partial charge in [0.1, 0.15) is 5.82 Å². The Hall–Kier alpha value is -2.53. The summed E-state index contributed by atoms with van der Waals surface area (Å²) in [6.07, 6.45) is 1.55. The molecule has 3 nitrogen and oxygen atoms in total. The molecular weight excluding hydrogens is 349 g/mol. The van der Waals surface area contributed by atoms with E-state index in [1.165, 1.54) is 12.1 Å². The highest BCUT2D eigenvalue weighted by Crippen LogP contribution is 2.26. The zero-order valence-electron chi connectivity index (χ0n) is 14.5. The molecule has 0 aliphatic rings. The highest BCUT2D eigenvalue weighted by molar-refractivity contribution is 7.98. The molecule has 3 aromatic rings. The van der Waals surface area contributed by atoms with Crippen LogP contribution in [0.15, 0.2) is 76.2 Å². The molecule has 3 rings (SSSR count). The van der Waals surface area contributed by atoms with Crippen molar-refractivity contribution in [3.05, 3.63) is 89.6 Å². The molecule has 5 heteroatoms. The summed E-state index contributed by atoms with van der Waals surface area (Å²) in [6, 6.07) is 18.2. The molecule has 0 N–H and O–H groups in total. The van der Waals surface area contributed by atoms with Crippen LogP contribution in [0.25, 0.3) is 0 Å². The fourth-order valence-electron chi connectivity index (χ4n) is 2.64. The molecule has 0 fully saturated rings. The number of carbonyl (C=O) groups is 1. The molecule has 0 saturated heterocycles. The summed E-state index contributed by atoms with van der Waals surface area (Å²) < 4.78 is 18.9. The molecule has 0 saturated carbocycles. The molecule has 0 bridgehead atoms. The van der Waals surface area contributed by atoms with Gasteiger partial charge >= 0.3 is 0 Å². The quantitative estimate of drug-likeness (QED) is 0.525. The highest BCUT2D eigenvalue weighted by atomic mass is 32.2. The zero-order chi connectivity index (χ0) is 18.4. The van der Waals surface area contributed by atoms with Gasteiger partial charge in [-0.05, 0) is 42.8 Å². The molecule has 1 aromatic heterocycles. The van der Waals surface area contributed by atoms with Crippen molar-refractivity contribution < 1.29 is 13.6 Å². The molecule has 1 heterocycles. The zero-order valence-corrected chi connectivity index (χ0v) is 15.3. The van der Waals surface area contributed by atoms with Crippen LogP contribution >= 0.6 is 11.8 Å². The maximum atomic E-state index is 13.4. The Balaban J connectivity index is 1.71. The number of nitrogens with zero attached hydrogens (tertiary/aromatic N) is 1. The Morgan fingerprint density at radius 3 is 2.65 bits per heavy atom. The first-order chi connectivity index (χ1) is 12.7. The van der Waals surface area contributed by atoms with Crippen molar-refractivity contribution in [2.45, 2.75) is 24.1 Å². The number of hydrogen-bond acceptors (Lipinski definition) is 3. The summed E-state index contributed by atoms with van der Waals surface area (Å²) in [5.41, 5.74) is 1.62. The number of carbonyl (C=O) groups excluding carboxylic acids is 1. The third-order valence-electron chi connectivity index (χ3n) is 4.01. The first-order valence-corrected chi connectivity index (χ1v) is 9.44. The standard InChI is InChI=1S/C21H20FNO2S/c1-2-23(14-16-7-6-8-18(22)13-16)21(24)20-17(11-12-25-20)15-26-19-9-4-3-5-10-19/h3-13H,2,14-15H2,1H3. The smallest absolute Gasteiger partial charge is 0.290 e. The van der Waals surface area contributed by atoms with E-state index in [0.29, 0.717) is 24.6 Å². The van der Waals surface area contributed by atoms with E-state index in [0.717, 1.165) is 16.0 Å². The number of thioether (sulfide) groups is 1. The first-order valence-electron chi connectivity index (χ1n) is 8.45. The molecule has 1 amide bonds. The normalized spacial score (nSPS) is 10.7. The number of amides is 1. The van der Waals surface area contributed by atoms with Gasteiger partial charge in [0.25, 0.3) is 5.91 Å². The molecule has 0 aliphatic carbocycles. The van der Waals surface area contributed by atoms with Crippen LogP contribution in [-0.4, -0.2) is 17.4 Å². The Morgan fingerprint density at radius 1 is 1.12 bits per heavy atom. The molecule has 26 heavy (non-hydrogen) atoms. The SMILES string of the molecule is CCN(Cc1cccc(F)c1)C(=O)c1occc1CSc1ccccc1. The number of rotatable bonds is 7. The van der Waals surface area contributed by atoms with Gasteiger partial charge in [0, 0.05) is 29.3 Å². The monoisotopic (exact) mass is 369 g/mol. The van der Waals surface area contributed by atoms with Gasteiger partial charge < -0.3 is 9.32 Å². The average Bonchev–Trinajstić information content (AvgIpc) is 3.13. The topological polar surface area (TPSA) is 33.5 Å². The Labute approximate surface area is 156 Å². The molecule has 134 valence electrons. The van der Waals surface area contributed by atoms with Crippen LogP contribution in [0.2, 0.25) is 0 Å². The van der Waals surface area contributed by atoms with Crippen molar-refractivity contribution in [2.75, 3.05) is 6.54 Å². The minimum absolute atomic E-state index is 0.176. The summed E-state index contributed by atoms with van der Waals surface area (Å²) in [5.74, 6) is 0.528. The highest BCUT2D eigenvalue weighted by Gasteiger charge is 2.21.